The Bertz CT molecular complexity index is 1310. The van der Waals surface area contributed by atoms with Gasteiger partial charge < -0.3 is 19.4 Å². The van der Waals surface area contributed by atoms with Gasteiger partial charge in [0.15, 0.2) is 5.69 Å². The summed E-state index contributed by atoms with van der Waals surface area (Å²) >= 11 is 0. The lowest BCUT2D eigenvalue weighted by atomic mass is 9.65. The quantitative estimate of drug-likeness (QED) is 0.241. The van der Waals surface area contributed by atoms with Crippen molar-refractivity contribution in [2.24, 2.45) is 17.8 Å². The number of rotatable bonds is 8. The van der Waals surface area contributed by atoms with Gasteiger partial charge >= 0.3 is 6.18 Å². The summed E-state index contributed by atoms with van der Waals surface area (Å²) in [6.45, 7) is 25.9. The lowest BCUT2D eigenvalue weighted by Crippen LogP contribution is -2.54. The van der Waals surface area contributed by atoms with Crippen molar-refractivity contribution in [3.8, 4) is 0 Å². The van der Waals surface area contributed by atoms with Gasteiger partial charge in [0, 0.05) is 42.7 Å². The van der Waals surface area contributed by atoms with Crippen LogP contribution in [-0.2, 0) is 16.5 Å². The van der Waals surface area contributed by atoms with E-state index in [4.69, 9.17) is 17.9 Å². The van der Waals surface area contributed by atoms with Gasteiger partial charge in [-0.05, 0) is 76.4 Å². The normalized spacial score (nSPS) is 23.7. The van der Waals surface area contributed by atoms with E-state index in [1.54, 1.807) is 13.0 Å². The van der Waals surface area contributed by atoms with Crippen LogP contribution >= 0.6 is 0 Å². The number of halogens is 3. The van der Waals surface area contributed by atoms with Crippen molar-refractivity contribution in [3.05, 3.63) is 94.8 Å². The molecule has 3 atom stereocenters. The second kappa shape index (κ2) is 11.8. The Labute approximate surface area is 241 Å². The molecule has 5 nitrogen and oxygen atoms in total. The Morgan fingerprint density at radius 3 is 2.29 bits per heavy atom. The number of alkyl halides is 3. The number of likely N-dealkylation sites (tertiary alicyclic amines) is 1. The first-order valence-corrected chi connectivity index (χ1v) is 14.5. The summed E-state index contributed by atoms with van der Waals surface area (Å²) in [4.78, 5) is 12.5. The number of nitrogens with zero attached hydrogens (tertiary/aromatic N) is 4. The Kier molecular flexibility index (Phi) is 8.34. The third-order valence-electron chi connectivity index (χ3n) is 9.24. The molecule has 41 heavy (non-hydrogen) atoms. The van der Waals surface area contributed by atoms with E-state index in [2.05, 4.69) is 26.1 Å². The van der Waals surface area contributed by atoms with E-state index >= 15 is 0 Å². The van der Waals surface area contributed by atoms with E-state index in [9.17, 15) is 13.2 Å². The molecule has 216 valence electrons. The summed E-state index contributed by atoms with van der Waals surface area (Å²) in [5.74, 6) is 0.880. The largest absolute Gasteiger partial charge is 0.495 e. The molecule has 3 fully saturated rings. The van der Waals surface area contributed by atoms with Crippen LogP contribution < -0.4 is 4.90 Å². The molecule has 0 spiro atoms. The molecular weight excluding hydrogens is 525 g/mol. The lowest BCUT2D eigenvalue weighted by molar-refractivity contribution is -0.137. The highest BCUT2D eigenvalue weighted by Gasteiger charge is 2.59. The second-order valence-corrected chi connectivity index (χ2v) is 11.9. The molecule has 0 aromatic heterocycles. The molecule has 0 radical (unpaired) electrons. The molecule has 2 saturated heterocycles. The number of benzene rings is 2. The van der Waals surface area contributed by atoms with Crippen LogP contribution in [0.15, 0.2) is 60.9 Å². The molecule has 0 amide bonds. The van der Waals surface area contributed by atoms with Crippen LogP contribution in [0.4, 0.5) is 24.5 Å². The summed E-state index contributed by atoms with van der Waals surface area (Å²) in [5, 5.41) is 0. The van der Waals surface area contributed by atoms with Gasteiger partial charge in [-0.15, -0.1) is 0 Å². The monoisotopic (exact) mass is 562 g/mol. The number of ether oxygens (including phenoxy) is 1. The zero-order chi connectivity index (χ0) is 29.2. The fourth-order valence-electron chi connectivity index (χ4n) is 7.32. The van der Waals surface area contributed by atoms with Crippen molar-refractivity contribution in [3.63, 3.8) is 0 Å². The fourth-order valence-corrected chi connectivity index (χ4v) is 7.32. The van der Waals surface area contributed by atoms with Crippen molar-refractivity contribution < 1.29 is 17.9 Å². The van der Waals surface area contributed by atoms with Gasteiger partial charge in [0.2, 0.25) is 0 Å². The smallest absolute Gasteiger partial charge is 0.416 e. The summed E-state index contributed by atoms with van der Waals surface area (Å²) < 4.78 is 47.4. The van der Waals surface area contributed by atoms with Crippen LogP contribution in [0.3, 0.4) is 0 Å². The molecule has 0 bridgehead atoms. The van der Waals surface area contributed by atoms with E-state index in [0.717, 1.165) is 76.6 Å². The molecule has 2 aromatic carbocycles. The van der Waals surface area contributed by atoms with E-state index in [-0.39, 0.29) is 17.9 Å². The van der Waals surface area contributed by atoms with Crippen molar-refractivity contribution >= 4 is 11.4 Å². The van der Waals surface area contributed by atoms with Crippen LogP contribution in [0.25, 0.3) is 9.69 Å². The zero-order valence-electron chi connectivity index (χ0n) is 23.5. The van der Waals surface area contributed by atoms with Crippen molar-refractivity contribution in [1.29, 1.82) is 0 Å². The predicted molar refractivity (Wildman–Crippen MR) is 154 cm³/mol. The van der Waals surface area contributed by atoms with Gasteiger partial charge in [-0.2, -0.15) is 13.2 Å². The fraction of sp³-hybridized carbons (Fsp3) is 0.515. The maximum absolute atomic E-state index is 13.8. The average Bonchev–Trinajstić information content (AvgIpc) is 3.39. The maximum Gasteiger partial charge on any atom is 0.416 e. The summed E-state index contributed by atoms with van der Waals surface area (Å²) in [6.07, 6.45) is -0.731. The molecule has 0 N–H and O–H groups in total. The first kappa shape index (κ1) is 29.0. The van der Waals surface area contributed by atoms with Gasteiger partial charge in [-0.1, -0.05) is 30.8 Å². The standard InChI is InChI=1S/C33H37F3N4O/c1-23(2)41-31-10-6-9-30(31)32(38-4,26-7-5-8-27(19-26)33(34,35)36)25-15-17-39(18-16-25)20-24-21-40(22-24)29-13-11-28(37-3)12-14-29/h5,7-8,11-14,19,24-25,30-31H,1,6,9-10,15-18,20-22H2,2H3/t30-,31-,32?/m1/s1. The molecule has 8 heteroatoms. The first-order chi connectivity index (χ1) is 19.6. The van der Waals surface area contributed by atoms with Gasteiger partial charge in [0.05, 0.1) is 23.8 Å². The summed E-state index contributed by atoms with van der Waals surface area (Å²) in [6, 6.07) is 13.2. The van der Waals surface area contributed by atoms with Crippen LogP contribution in [-0.4, -0.2) is 43.7 Å². The van der Waals surface area contributed by atoms with Crippen molar-refractivity contribution in [2.75, 3.05) is 37.6 Å². The predicted octanol–water partition coefficient (Wildman–Crippen LogP) is 7.94. The highest BCUT2D eigenvalue weighted by molar-refractivity contribution is 5.56. The Hall–Kier alpha value is -3.49. The SMILES string of the molecule is [C-]#[N+]c1ccc(N2CC(CN3CCC(C([N+]#[C-])(c4cccc(C(F)(F)F)c4)[C@@H]4CCC[C@H]4OC(=C)C)CC3)C2)cc1. The Morgan fingerprint density at radius 2 is 1.68 bits per heavy atom. The van der Waals surface area contributed by atoms with Gasteiger partial charge in [0.1, 0.15) is 6.10 Å². The molecule has 1 aliphatic carbocycles. The minimum absolute atomic E-state index is 0.0575. The van der Waals surface area contributed by atoms with E-state index in [1.165, 1.54) is 12.1 Å². The number of hydrogen-bond donors (Lipinski definition) is 0. The Balaban J connectivity index is 1.30. The molecule has 1 saturated carbocycles. The molecule has 2 aliphatic heterocycles. The molecule has 3 aliphatic rings. The average molecular weight is 563 g/mol. The molecule has 2 heterocycles. The van der Waals surface area contributed by atoms with E-state index in [0.29, 0.717) is 22.9 Å². The topological polar surface area (TPSA) is 24.4 Å². The van der Waals surface area contributed by atoms with Crippen molar-refractivity contribution in [2.45, 2.75) is 56.8 Å². The molecule has 1 unspecified atom stereocenters. The van der Waals surface area contributed by atoms with E-state index in [1.807, 2.05) is 24.3 Å². The molecule has 2 aromatic rings. The minimum atomic E-state index is -4.47. The third kappa shape index (κ3) is 5.95. The molecular formula is C33H37F3N4O. The van der Waals surface area contributed by atoms with Crippen molar-refractivity contribution in [1.82, 2.24) is 4.90 Å². The van der Waals surface area contributed by atoms with Gasteiger partial charge in [0.25, 0.3) is 5.54 Å². The zero-order valence-corrected chi connectivity index (χ0v) is 23.5. The van der Waals surface area contributed by atoms with Gasteiger partial charge in [-0.25, -0.2) is 11.4 Å². The van der Waals surface area contributed by atoms with Gasteiger partial charge in [-0.3, -0.25) is 0 Å². The first-order valence-electron chi connectivity index (χ1n) is 14.5. The minimum Gasteiger partial charge on any atom is -0.495 e. The lowest BCUT2D eigenvalue weighted by Gasteiger charge is -2.46. The third-order valence-corrected chi connectivity index (χ3v) is 9.24. The number of piperidine rings is 1. The number of anilines is 1. The number of hydrogen-bond acceptors (Lipinski definition) is 3. The Morgan fingerprint density at radius 1 is 1.00 bits per heavy atom. The van der Waals surface area contributed by atoms with Crippen LogP contribution in [0.1, 0.15) is 50.2 Å². The maximum atomic E-state index is 13.8. The van der Waals surface area contributed by atoms with Crippen LogP contribution in [0, 0.1) is 30.9 Å². The highest BCUT2D eigenvalue weighted by atomic mass is 19.4. The molecule has 5 rings (SSSR count). The van der Waals surface area contributed by atoms with E-state index < -0.39 is 17.3 Å². The second-order valence-electron chi connectivity index (χ2n) is 11.9. The van der Waals surface area contributed by atoms with Crippen LogP contribution in [0.2, 0.25) is 0 Å². The summed E-state index contributed by atoms with van der Waals surface area (Å²) in [7, 11) is 0. The number of allylic oxidation sites excluding steroid dienone is 1. The highest BCUT2D eigenvalue weighted by Crippen LogP contribution is 2.53. The van der Waals surface area contributed by atoms with Crippen LogP contribution in [0.5, 0.6) is 0 Å². The summed E-state index contributed by atoms with van der Waals surface area (Å²) in [5.41, 5.74) is 0.480.